The summed E-state index contributed by atoms with van der Waals surface area (Å²) in [6.45, 7) is 8.13. The molecule has 1 aromatic carbocycles. The minimum absolute atomic E-state index is 0.0804. The van der Waals surface area contributed by atoms with Gasteiger partial charge in [-0.1, -0.05) is 32.0 Å². The van der Waals surface area contributed by atoms with Crippen molar-refractivity contribution in [1.29, 1.82) is 0 Å². The molecule has 1 aromatic heterocycles. The second-order valence-electron chi connectivity index (χ2n) is 7.08. The maximum Gasteiger partial charge on any atom is 0.277 e. The number of hydrogen-bond donors (Lipinski definition) is 1. The van der Waals surface area contributed by atoms with Crippen LogP contribution in [0.2, 0.25) is 0 Å². The second-order valence-corrected chi connectivity index (χ2v) is 7.08. The zero-order valence-corrected chi connectivity index (χ0v) is 14.3. The predicted octanol–water partition coefficient (Wildman–Crippen LogP) is 3.17. The van der Waals surface area contributed by atoms with Crippen LogP contribution in [0.15, 0.2) is 28.8 Å². The summed E-state index contributed by atoms with van der Waals surface area (Å²) >= 11 is 0. The highest BCUT2D eigenvalue weighted by Gasteiger charge is 2.32. The maximum atomic E-state index is 12.6. The van der Waals surface area contributed by atoms with Gasteiger partial charge in [-0.2, -0.15) is 0 Å². The van der Waals surface area contributed by atoms with Gasteiger partial charge in [0.1, 0.15) is 5.76 Å². The molecule has 2 amide bonds. The number of aryl methyl sites for hydroxylation is 1. The molecule has 0 unspecified atom stereocenters. The van der Waals surface area contributed by atoms with Crippen LogP contribution < -0.4 is 10.2 Å². The molecule has 0 saturated carbocycles. The van der Waals surface area contributed by atoms with E-state index in [-0.39, 0.29) is 17.5 Å². The van der Waals surface area contributed by atoms with Crippen LogP contribution in [0, 0.1) is 12.3 Å². The fourth-order valence-electron chi connectivity index (χ4n) is 2.74. The van der Waals surface area contributed by atoms with Crippen molar-refractivity contribution in [2.24, 2.45) is 5.41 Å². The number of anilines is 2. The number of nitrogens with one attached hydrogen (secondary N) is 1. The monoisotopic (exact) mass is 327 g/mol. The Bertz CT molecular complexity index is 802. The van der Waals surface area contributed by atoms with E-state index in [0.29, 0.717) is 18.0 Å². The lowest BCUT2D eigenvalue weighted by Gasteiger charge is -2.26. The van der Waals surface area contributed by atoms with Gasteiger partial charge in [0.05, 0.1) is 0 Å². The fourth-order valence-corrected chi connectivity index (χ4v) is 2.74. The van der Waals surface area contributed by atoms with Crippen molar-refractivity contribution in [3.05, 3.63) is 41.3 Å². The van der Waals surface area contributed by atoms with Gasteiger partial charge in [-0.15, -0.1) is 0 Å². The third-order valence-corrected chi connectivity index (χ3v) is 3.99. The quantitative estimate of drug-likeness (QED) is 0.919. The van der Waals surface area contributed by atoms with Crippen LogP contribution in [0.3, 0.4) is 0 Å². The molecule has 3 rings (SSSR count). The summed E-state index contributed by atoms with van der Waals surface area (Å²) in [6.07, 6.45) is 0.827. The molecule has 2 aromatic rings. The van der Waals surface area contributed by atoms with Crippen LogP contribution in [-0.4, -0.2) is 23.5 Å². The van der Waals surface area contributed by atoms with E-state index in [4.69, 9.17) is 4.52 Å². The lowest BCUT2D eigenvalue weighted by molar-refractivity contribution is -0.125. The zero-order valence-electron chi connectivity index (χ0n) is 14.3. The van der Waals surface area contributed by atoms with Crippen molar-refractivity contribution in [2.45, 2.75) is 34.1 Å². The average molecular weight is 327 g/mol. The van der Waals surface area contributed by atoms with E-state index >= 15 is 0 Å². The summed E-state index contributed by atoms with van der Waals surface area (Å²) < 4.78 is 4.92. The highest BCUT2D eigenvalue weighted by Crippen LogP contribution is 2.34. The van der Waals surface area contributed by atoms with E-state index < -0.39 is 5.41 Å². The van der Waals surface area contributed by atoms with Crippen molar-refractivity contribution in [2.75, 3.05) is 16.8 Å². The van der Waals surface area contributed by atoms with E-state index in [2.05, 4.69) is 10.5 Å². The first kappa shape index (κ1) is 16.2. The number of nitrogens with zero attached hydrogens (tertiary/aromatic N) is 2. The first-order valence-corrected chi connectivity index (χ1v) is 7.95. The minimum atomic E-state index is -0.445. The second kappa shape index (κ2) is 5.78. The molecule has 6 heteroatoms. The van der Waals surface area contributed by atoms with Crippen LogP contribution >= 0.6 is 0 Å². The SMILES string of the molecule is Cc1cc(C(=O)Nc2ccc3c(c2)N(C(=O)C(C)(C)C)CC3)no1. The number of aromatic nitrogens is 1. The standard InChI is InChI=1S/C18H21N3O3/c1-11-9-14(20-24-11)16(22)19-13-6-5-12-7-8-21(15(12)10-13)17(23)18(2,3)4/h5-6,9-10H,7-8H2,1-4H3,(H,19,22). The van der Waals surface area contributed by atoms with Crippen LogP contribution in [0.5, 0.6) is 0 Å². The molecule has 0 radical (unpaired) electrons. The summed E-state index contributed by atoms with van der Waals surface area (Å²) in [4.78, 5) is 26.6. The first-order valence-electron chi connectivity index (χ1n) is 7.95. The number of carbonyl (C=O) groups excluding carboxylic acids is 2. The van der Waals surface area contributed by atoms with Gasteiger partial charge >= 0.3 is 0 Å². The molecule has 2 heterocycles. The normalized spacial score (nSPS) is 13.8. The summed E-state index contributed by atoms with van der Waals surface area (Å²) in [6, 6.07) is 7.22. The molecule has 0 fully saturated rings. The highest BCUT2D eigenvalue weighted by atomic mass is 16.5. The first-order chi connectivity index (χ1) is 11.3. The lowest BCUT2D eigenvalue weighted by Crippen LogP contribution is -2.38. The minimum Gasteiger partial charge on any atom is -0.361 e. The Morgan fingerprint density at radius 1 is 1.25 bits per heavy atom. The number of fused-ring (bicyclic) bond motifs is 1. The summed E-state index contributed by atoms with van der Waals surface area (Å²) in [7, 11) is 0. The summed E-state index contributed by atoms with van der Waals surface area (Å²) in [5.41, 5.74) is 2.40. The molecule has 126 valence electrons. The zero-order chi connectivity index (χ0) is 17.5. The molecule has 0 spiro atoms. The van der Waals surface area contributed by atoms with Gasteiger partial charge in [0, 0.05) is 29.4 Å². The van der Waals surface area contributed by atoms with Crippen LogP contribution in [0.4, 0.5) is 11.4 Å². The number of hydrogen-bond acceptors (Lipinski definition) is 4. The molecule has 1 aliphatic rings. The molecular weight excluding hydrogens is 306 g/mol. The lowest BCUT2D eigenvalue weighted by atomic mass is 9.94. The van der Waals surface area contributed by atoms with Gasteiger partial charge in [0.2, 0.25) is 5.91 Å². The molecule has 6 nitrogen and oxygen atoms in total. The van der Waals surface area contributed by atoms with E-state index in [1.54, 1.807) is 17.9 Å². The molecule has 1 aliphatic heterocycles. The van der Waals surface area contributed by atoms with Crippen molar-refractivity contribution in [3.63, 3.8) is 0 Å². The number of amides is 2. The molecular formula is C18H21N3O3. The Morgan fingerprint density at radius 3 is 2.62 bits per heavy atom. The smallest absolute Gasteiger partial charge is 0.277 e. The van der Waals surface area contributed by atoms with Gasteiger partial charge in [-0.25, -0.2) is 0 Å². The third kappa shape index (κ3) is 3.04. The van der Waals surface area contributed by atoms with Crippen molar-refractivity contribution in [1.82, 2.24) is 5.16 Å². The van der Waals surface area contributed by atoms with Gasteiger partial charge in [-0.05, 0) is 31.0 Å². The average Bonchev–Trinajstić information content (AvgIpc) is 3.11. The molecule has 0 bridgehead atoms. The van der Waals surface area contributed by atoms with E-state index in [1.165, 1.54) is 0 Å². The summed E-state index contributed by atoms with van der Waals surface area (Å²) in [5, 5.41) is 6.51. The Kier molecular flexibility index (Phi) is 3.91. The Morgan fingerprint density at radius 2 is 2.00 bits per heavy atom. The highest BCUT2D eigenvalue weighted by molar-refractivity contribution is 6.04. The topological polar surface area (TPSA) is 75.4 Å². The van der Waals surface area contributed by atoms with Crippen LogP contribution in [-0.2, 0) is 11.2 Å². The van der Waals surface area contributed by atoms with Gasteiger partial charge in [-0.3, -0.25) is 9.59 Å². The van der Waals surface area contributed by atoms with E-state index in [0.717, 1.165) is 17.7 Å². The number of carbonyl (C=O) groups is 2. The predicted molar refractivity (Wildman–Crippen MR) is 91.1 cm³/mol. The number of rotatable bonds is 2. The Labute approximate surface area is 140 Å². The Hall–Kier alpha value is -2.63. The van der Waals surface area contributed by atoms with Gasteiger partial charge in [0.15, 0.2) is 5.69 Å². The molecule has 0 saturated heterocycles. The molecule has 0 aliphatic carbocycles. The van der Waals surface area contributed by atoms with Crippen molar-refractivity contribution < 1.29 is 14.1 Å². The van der Waals surface area contributed by atoms with Crippen molar-refractivity contribution in [3.8, 4) is 0 Å². The van der Waals surface area contributed by atoms with Gasteiger partial charge < -0.3 is 14.7 Å². The fraction of sp³-hybridized carbons (Fsp3) is 0.389. The largest absolute Gasteiger partial charge is 0.361 e. The number of benzene rings is 1. The van der Waals surface area contributed by atoms with E-state index in [9.17, 15) is 9.59 Å². The van der Waals surface area contributed by atoms with Crippen LogP contribution in [0.25, 0.3) is 0 Å². The Balaban J connectivity index is 1.83. The van der Waals surface area contributed by atoms with Crippen LogP contribution in [0.1, 0.15) is 42.6 Å². The summed E-state index contributed by atoms with van der Waals surface area (Å²) in [5.74, 6) is 0.325. The maximum absolute atomic E-state index is 12.6. The molecule has 24 heavy (non-hydrogen) atoms. The van der Waals surface area contributed by atoms with Crippen molar-refractivity contribution >= 4 is 23.2 Å². The van der Waals surface area contributed by atoms with E-state index in [1.807, 2.05) is 39.0 Å². The van der Waals surface area contributed by atoms with Gasteiger partial charge in [0.25, 0.3) is 5.91 Å². The third-order valence-electron chi connectivity index (χ3n) is 3.99. The molecule has 1 N–H and O–H groups in total. The molecule has 0 atom stereocenters.